The van der Waals surface area contributed by atoms with E-state index in [0.29, 0.717) is 6.42 Å². The van der Waals surface area contributed by atoms with Crippen molar-refractivity contribution in [2.24, 2.45) is 0 Å². The van der Waals surface area contributed by atoms with Gasteiger partial charge in [0.25, 0.3) is 0 Å². The smallest absolute Gasteiger partial charge is 0.387 e. The second-order valence-electron chi connectivity index (χ2n) is 8.25. The Morgan fingerprint density at radius 1 is 1.10 bits per heavy atom. The molecule has 1 aliphatic rings. The van der Waals surface area contributed by atoms with Gasteiger partial charge in [-0.1, -0.05) is 19.3 Å². The van der Waals surface area contributed by atoms with Gasteiger partial charge in [-0.05, 0) is 19.3 Å². The molecular formula is C17H38N9O13P3. The maximum atomic E-state index is 12.0. The number of anilines is 1. The maximum absolute atomic E-state index is 12.0. The average Bonchev–Trinajstić information content (AvgIpc) is 3.26. The van der Waals surface area contributed by atoms with Crippen LogP contribution in [-0.2, 0) is 31.6 Å². The summed E-state index contributed by atoms with van der Waals surface area (Å²) in [7, 11) is -16.8. The molecule has 6 atom stereocenters. The number of imidazole rings is 1. The molecule has 3 rings (SSSR count). The molecule has 1 fully saturated rings. The number of aliphatic hydroxyl groups is 2. The summed E-state index contributed by atoms with van der Waals surface area (Å²) in [5.41, 5.74) is 4.15. The van der Waals surface area contributed by atoms with E-state index in [1.165, 1.54) is 17.8 Å². The molecule has 2 aromatic heterocycles. The minimum absolute atomic E-state index is 0. The first-order valence-corrected chi connectivity index (χ1v) is 15.3. The van der Waals surface area contributed by atoms with E-state index in [-0.39, 0.29) is 47.4 Å². The number of nitrogen functional groups attached to an aromatic ring is 1. The summed E-state index contributed by atoms with van der Waals surface area (Å²) < 4.78 is 52.9. The number of nitrogens with two attached hydrogens (primary N) is 1. The Bertz CT molecular complexity index is 1390. The largest absolute Gasteiger partial charge is 0.490 e. The summed E-state index contributed by atoms with van der Waals surface area (Å²) in [5, 5.41) is 21.6. The highest BCUT2D eigenvalue weighted by Gasteiger charge is 2.54. The van der Waals surface area contributed by atoms with Crippen molar-refractivity contribution in [2.75, 3.05) is 12.3 Å². The Labute approximate surface area is 239 Å². The number of phosphoric ester groups is 1. The summed E-state index contributed by atoms with van der Waals surface area (Å²) >= 11 is 0. The van der Waals surface area contributed by atoms with E-state index in [4.69, 9.17) is 20.3 Å². The van der Waals surface area contributed by atoms with E-state index in [0.717, 1.165) is 12.8 Å². The molecule has 0 bridgehead atoms. The molecule has 0 amide bonds. The standard InChI is InChI=1S/C17H26N5O13P3.4H3N/c1-3-4-5-6-7-11-20-14(18)12-15(21-11)22(9-19-12)16-17(2,24)13(23)10(33-16)8-32-37(28,29)35-38(30,31)34-36(25,26)27;;;;/h9-10,13,16,23-24H,3-5,8H2,1-2H3,(H,28,29)(H,30,31)(H2,18,20,21)(H2,25,26,27);4*1H3/t10-,13-,16-,17-;;;;/m1..../s1. The molecule has 1 saturated heterocycles. The van der Waals surface area contributed by atoms with E-state index < -0.39 is 54.1 Å². The molecule has 244 valence electrons. The van der Waals surface area contributed by atoms with Crippen molar-refractivity contribution in [3.63, 3.8) is 0 Å². The summed E-state index contributed by atoms with van der Waals surface area (Å²) in [6.45, 7) is 2.21. The van der Waals surface area contributed by atoms with Gasteiger partial charge in [-0.25, -0.2) is 28.6 Å². The molecule has 25 heteroatoms. The Kier molecular flexibility index (Phi) is 15.7. The van der Waals surface area contributed by atoms with E-state index in [2.05, 4.69) is 39.9 Å². The number of hydrogen-bond acceptors (Lipinski definition) is 17. The number of phosphoric acid groups is 3. The van der Waals surface area contributed by atoms with Gasteiger partial charge in [-0.2, -0.15) is 8.62 Å². The third-order valence-corrected chi connectivity index (χ3v) is 8.93. The summed E-state index contributed by atoms with van der Waals surface area (Å²) in [4.78, 5) is 48.6. The minimum atomic E-state index is -5.74. The number of rotatable bonds is 10. The van der Waals surface area contributed by atoms with Crippen LogP contribution in [-0.4, -0.2) is 73.7 Å². The van der Waals surface area contributed by atoms with E-state index in [1.807, 2.05) is 6.92 Å². The van der Waals surface area contributed by atoms with Gasteiger partial charge in [0.15, 0.2) is 17.7 Å². The highest BCUT2D eigenvalue weighted by molar-refractivity contribution is 7.66. The van der Waals surface area contributed by atoms with Crippen molar-refractivity contribution in [1.82, 2.24) is 44.1 Å². The quantitative estimate of drug-likeness (QED) is 0.0952. The predicted octanol–water partition coefficient (Wildman–Crippen LogP) is 0.951. The molecule has 0 aromatic carbocycles. The van der Waals surface area contributed by atoms with Crippen LogP contribution < -0.4 is 30.3 Å². The van der Waals surface area contributed by atoms with Gasteiger partial charge in [-0.3, -0.25) is 9.09 Å². The summed E-state index contributed by atoms with van der Waals surface area (Å²) in [6, 6.07) is 0. The van der Waals surface area contributed by atoms with Crippen LogP contribution in [0.5, 0.6) is 0 Å². The van der Waals surface area contributed by atoms with Crippen LogP contribution in [0.3, 0.4) is 0 Å². The third-order valence-electron chi connectivity index (χ3n) is 5.13. The number of nitrogens with zero attached hydrogens (tertiary/aromatic N) is 4. The summed E-state index contributed by atoms with van der Waals surface area (Å²) in [6.07, 6.45) is -1.03. The molecule has 20 N–H and O–H groups in total. The van der Waals surface area contributed by atoms with Gasteiger partial charge in [0.1, 0.15) is 23.3 Å². The lowest BCUT2D eigenvalue weighted by Crippen LogP contribution is -2.44. The number of unbranched alkanes of at least 4 members (excludes halogenated alkanes) is 2. The molecule has 0 saturated carbocycles. The molecule has 1 aliphatic heterocycles. The Morgan fingerprint density at radius 3 is 2.29 bits per heavy atom. The number of fused-ring (bicyclic) bond motifs is 1. The lowest BCUT2D eigenvalue weighted by molar-refractivity contribution is -0.0949. The average molecular weight is 669 g/mol. The van der Waals surface area contributed by atoms with Crippen molar-refractivity contribution >= 4 is 40.4 Å². The van der Waals surface area contributed by atoms with Crippen LogP contribution in [0.1, 0.15) is 45.2 Å². The number of aromatic nitrogens is 4. The molecule has 0 radical (unpaired) electrons. The van der Waals surface area contributed by atoms with Crippen LogP contribution in [0.25, 0.3) is 11.2 Å². The molecule has 0 aliphatic carbocycles. The molecule has 0 spiro atoms. The molecule has 42 heavy (non-hydrogen) atoms. The van der Waals surface area contributed by atoms with Crippen LogP contribution in [0.2, 0.25) is 0 Å². The zero-order valence-electron chi connectivity index (χ0n) is 22.7. The van der Waals surface area contributed by atoms with Crippen LogP contribution in [0.15, 0.2) is 6.33 Å². The van der Waals surface area contributed by atoms with Crippen molar-refractivity contribution in [3.05, 3.63) is 12.2 Å². The first-order chi connectivity index (χ1) is 17.5. The van der Waals surface area contributed by atoms with Gasteiger partial charge in [0.05, 0.1) is 12.9 Å². The second-order valence-corrected chi connectivity index (χ2v) is 12.7. The Morgan fingerprint density at radius 2 is 1.71 bits per heavy atom. The highest BCUT2D eigenvalue weighted by atomic mass is 31.3. The Balaban J connectivity index is 0. The van der Waals surface area contributed by atoms with Gasteiger partial charge in [-0.15, -0.1) is 0 Å². The van der Waals surface area contributed by atoms with E-state index in [1.54, 1.807) is 0 Å². The van der Waals surface area contributed by atoms with Crippen molar-refractivity contribution in [3.8, 4) is 11.8 Å². The van der Waals surface area contributed by atoms with E-state index in [9.17, 15) is 33.7 Å². The van der Waals surface area contributed by atoms with Gasteiger partial charge >= 0.3 is 23.5 Å². The van der Waals surface area contributed by atoms with Crippen molar-refractivity contribution in [1.29, 1.82) is 0 Å². The van der Waals surface area contributed by atoms with Gasteiger partial charge in [0, 0.05) is 6.42 Å². The monoisotopic (exact) mass is 669 g/mol. The van der Waals surface area contributed by atoms with Gasteiger partial charge < -0.3 is 64.9 Å². The molecule has 2 aromatic rings. The normalized spacial score (nSPS) is 24.4. The molecule has 2 unspecified atom stereocenters. The molecule has 3 heterocycles. The van der Waals surface area contributed by atoms with E-state index >= 15 is 0 Å². The second kappa shape index (κ2) is 15.7. The maximum Gasteiger partial charge on any atom is 0.490 e. The topological polar surface area (TPSA) is 419 Å². The fraction of sp³-hybridized carbons (Fsp3) is 0.588. The Hall–Kier alpha value is -1.96. The molecular weight excluding hydrogens is 631 g/mol. The fourth-order valence-corrected chi connectivity index (χ4v) is 6.45. The number of ether oxygens (including phenoxy) is 1. The first kappa shape index (κ1) is 42.2. The van der Waals surface area contributed by atoms with Gasteiger partial charge in [0.2, 0.25) is 5.82 Å². The first-order valence-electron chi connectivity index (χ1n) is 10.8. The highest BCUT2D eigenvalue weighted by Crippen LogP contribution is 2.66. The SMILES string of the molecule is CCCCC#Cc1nc(N)c2ncn([C@@H]3O[C@H](COP(=O)(O)OP(=O)(O)OP(=O)(O)O)[C@@H](O)[C@@]3(C)O)c2n1.N.N.N.N. The third kappa shape index (κ3) is 10.3. The predicted molar refractivity (Wildman–Crippen MR) is 147 cm³/mol. The van der Waals surface area contributed by atoms with Crippen LogP contribution >= 0.6 is 23.5 Å². The number of aliphatic hydroxyl groups excluding tert-OH is 1. The van der Waals surface area contributed by atoms with Crippen LogP contribution in [0.4, 0.5) is 5.82 Å². The van der Waals surface area contributed by atoms with Crippen molar-refractivity contribution in [2.45, 2.75) is 57.1 Å². The summed E-state index contributed by atoms with van der Waals surface area (Å²) in [5.74, 6) is 5.78. The molecule has 22 nitrogen and oxygen atoms in total. The zero-order chi connectivity index (χ0) is 28.5. The van der Waals surface area contributed by atoms with Crippen molar-refractivity contribution < 1.29 is 61.4 Å². The number of hydrogen-bond donors (Lipinski definition) is 11. The van der Waals surface area contributed by atoms with Crippen LogP contribution in [0, 0.1) is 11.8 Å². The zero-order valence-corrected chi connectivity index (χ0v) is 25.4. The lowest BCUT2D eigenvalue weighted by atomic mass is 9.96. The minimum Gasteiger partial charge on any atom is -0.387 e. The lowest BCUT2D eigenvalue weighted by Gasteiger charge is -2.27. The fourth-order valence-electron chi connectivity index (χ4n) is 3.42.